The van der Waals surface area contributed by atoms with Crippen molar-refractivity contribution >= 4 is 16.5 Å². The van der Waals surface area contributed by atoms with Gasteiger partial charge in [0.1, 0.15) is 11.4 Å². The Morgan fingerprint density at radius 3 is 2.74 bits per heavy atom. The van der Waals surface area contributed by atoms with E-state index in [2.05, 4.69) is 30.6 Å². The second-order valence-electron chi connectivity index (χ2n) is 3.77. The lowest BCUT2D eigenvalue weighted by Gasteiger charge is -1.91. The summed E-state index contributed by atoms with van der Waals surface area (Å²) < 4.78 is 5.18. The summed E-state index contributed by atoms with van der Waals surface area (Å²) in [6, 6.07) is 3.65. The van der Waals surface area contributed by atoms with Gasteiger partial charge >= 0.3 is 0 Å². The number of anilines is 1. The topological polar surface area (TPSA) is 89.6 Å². The summed E-state index contributed by atoms with van der Waals surface area (Å²) in [4.78, 5) is 8.56. The summed E-state index contributed by atoms with van der Waals surface area (Å²) in [5, 5.41) is 17.5. The number of hydrogen-bond acceptors (Lipinski definition) is 8. The van der Waals surface area contributed by atoms with Gasteiger partial charge in [-0.1, -0.05) is 5.16 Å². The highest BCUT2D eigenvalue weighted by atomic mass is 32.1. The SMILES string of the molecule is CNc1nc(-c2nc(-c3ccc(C)nn3)no2)cs1. The molecule has 0 fully saturated rings. The van der Waals surface area contributed by atoms with E-state index in [-0.39, 0.29) is 0 Å². The molecule has 0 amide bonds. The third-order valence-electron chi connectivity index (χ3n) is 2.39. The van der Waals surface area contributed by atoms with Crippen LogP contribution in [0.3, 0.4) is 0 Å². The second-order valence-corrected chi connectivity index (χ2v) is 4.63. The van der Waals surface area contributed by atoms with E-state index in [4.69, 9.17) is 4.52 Å². The van der Waals surface area contributed by atoms with Crippen molar-refractivity contribution in [3.8, 4) is 23.1 Å². The molecule has 0 atom stereocenters. The lowest BCUT2D eigenvalue weighted by Crippen LogP contribution is -1.91. The van der Waals surface area contributed by atoms with Gasteiger partial charge < -0.3 is 9.84 Å². The second kappa shape index (κ2) is 4.73. The van der Waals surface area contributed by atoms with Gasteiger partial charge in [-0.2, -0.15) is 10.1 Å². The molecule has 3 rings (SSSR count). The van der Waals surface area contributed by atoms with E-state index in [1.165, 1.54) is 11.3 Å². The van der Waals surface area contributed by atoms with Crippen molar-refractivity contribution in [1.82, 2.24) is 25.3 Å². The fraction of sp³-hybridized carbons (Fsp3) is 0.182. The summed E-state index contributed by atoms with van der Waals surface area (Å²) >= 11 is 1.47. The molecule has 8 heteroatoms. The lowest BCUT2D eigenvalue weighted by atomic mass is 10.3. The van der Waals surface area contributed by atoms with E-state index in [1.54, 1.807) is 6.07 Å². The van der Waals surface area contributed by atoms with Gasteiger partial charge in [-0.15, -0.1) is 16.4 Å². The molecule has 0 spiro atoms. The van der Waals surface area contributed by atoms with Crippen molar-refractivity contribution in [2.24, 2.45) is 0 Å². The Labute approximate surface area is 112 Å². The number of aryl methyl sites for hydroxylation is 1. The van der Waals surface area contributed by atoms with Gasteiger partial charge in [-0.3, -0.25) is 0 Å². The predicted molar refractivity (Wildman–Crippen MR) is 70.7 cm³/mol. The minimum Gasteiger partial charge on any atom is -0.365 e. The lowest BCUT2D eigenvalue weighted by molar-refractivity contribution is 0.431. The Morgan fingerprint density at radius 1 is 1.16 bits per heavy atom. The molecule has 0 bridgehead atoms. The zero-order chi connectivity index (χ0) is 13.2. The van der Waals surface area contributed by atoms with Crippen molar-refractivity contribution in [3.05, 3.63) is 23.2 Å². The molecule has 0 saturated heterocycles. The first kappa shape index (κ1) is 11.7. The zero-order valence-corrected chi connectivity index (χ0v) is 11.1. The van der Waals surface area contributed by atoms with E-state index in [9.17, 15) is 0 Å². The molecule has 0 unspecified atom stereocenters. The molecule has 0 saturated carbocycles. The third kappa shape index (κ3) is 2.29. The molecule has 0 aliphatic carbocycles. The molecule has 96 valence electrons. The van der Waals surface area contributed by atoms with E-state index in [0.717, 1.165) is 10.8 Å². The summed E-state index contributed by atoms with van der Waals surface area (Å²) in [5.74, 6) is 0.775. The van der Waals surface area contributed by atoms with Gasteiger partial charge in [0, 0.05) is 12.4 Å². The molecule has 1 N–H and O–H groups in total. The van der Waals surface area contributed by atoms with Crippen LogP contribution in [-0.2, 0) is 0 Å². The summed E-state index contributed by atoms with van der Waals surface area (Å²) in [6.07, 6.45) is 0. The molecule has 3 aromatic rings. The Morgan fingerprint density at radius 2 is 2.05 bits per heavy atom. The largest absolute Gasteiger partial charge is 0.365 e. The maximum absolute atomic E-state index is 5.18. The van der Waals surface area contributed by atoms with E-state index < -0.39 is 0 Å². The van der Waals surface area contributed by atoms with E-state index in [1.807, 2.05) is 25.4 Å². The van der Waals surface area contributed by atoms with Gasteiger partial charge in [0.2, 0.25) is 5.82 Å². The van der Waals surface area contributed by atoms with Crippen molar-refractivity contribution < 1.29 is 4.52 Å². The molecule has 3 heterocycles. The minimum atomic E-state index is 0.370. The van der Waals surface area contributed by atoms with Crippen LogP contribution in [0.2, 0.25) is 0 Å². The summed E-state index contributed by atoms with van der Waals surface area (Å²) in [6.45, 7) is 1.87. The predicted octanol–water partition coefficient (Wildman–Crippen LogP) is 2.00. The standard InChI is InChI=1S/C11H10N6OS/c1-6-3-4-7(16-15-6)9-14-10(18-17-9)8-5-19-11(12-2)13-8/h3-5H,1-2H3,(H,12,13). The Bertz CT molecular complexity index is 689. The van der Waals surface area contributed by atoms with Crippen molar-refractivity contribution in [2.45, 2.75) is 6.92 Å². The van der Waals surface area contributed by atoms with E-state index >= 15 is 0 Å². The van der Waals surface area contributed by atoms with Crippen LogP contribution < -0.4 is 5.32 Å². The highest BCUT2D eigenvalue weighted by Gasteiger charge is 2.14. The average Bonchev–Trinajstić information content (AvgIpc) is 3.08. The van der Waals surface area contributed by atoms with Gasteiger partial charge in [0.25, 0.3) is 5.89 Å². The Kier molecular flexibility index (Phi) is 2.92. The number of nitrogens with one attached hydrogen (secondary N) is 1. The highest BCUT2D eigenvalue weighted by Crippen LogP contribution is 2.24. The number of nitrogens with zero attached hydrogens (tertiary/aromatic N) is 5. The van der Waals surface area contributed by atoms with Crippen LogP contribution in [0.15, 0.2) is 22.0 Å². The van der Waals surface area contributed by atoms with Crippen LogP contribution in [0.5, 0.6) is 0 Å². The van der Waals surface area contributed by atoms with Crippen LogP contribution in [0.1, 0.15) is 5.69 Å². The molecule has 0 aliphatic heterocycles. The minimum absolute atomic E-state index is 0.370. The van der Waals surface area contributed by atoms with Crippen molar-refractivity contribution in [3.63, 3.8) is 0 Å². The maximum atomic E-state index is 5.18. The molecule has 0 aromatic carbocycles. The highest BCUT2D eigenvalue weighted by molar-refractivity contribution is 7.14. The summed E-state index contributed by atoms with van der Waals surface area (Å²) in [5.41, 5.74) is 2.06. The first-order valence-corrected chi connectivity index (χ1v) is 6.42. The molecule has 0 radical (unpaired) electrons. The van der Waals surface area contributed by atoms with Crippen LogP contribution in [0, 0.1) is 6.92 Å². The normalized spacial score (nSPS) is 10.6. The number of rotatable bonds is 3. The van der Waals surface area contributed by atoms with Gasteiger partial charge in [-0.25, -0.2) is 4.98 Å². The number of hydrogen-bond donors (Lipinski definition) is 1. The molecular weight excluding hydrogens is 264 g/mol. The fourth-order valence-electron chi connectivity index (χ4n) is 1.44. The first-order chi connectivity index (χ1) is 9.26. The molecule has 19 heavy (non-hydrogen) atoms. The number of aromatic nitrogens is 5. The molecular formula is C11H10N6OS. The first-order valence-electron chi connectivity index (χ1n) is 5.54. The molecule has 0 aliphatic rings. The van der Waals surface area contributed by atoms with Gasteiger partial charge in [0.05, 0.1) is 5.69 Å². The van der Waals surface area contributed by atoms with Crippen LogP contribution in [0.4, 0.5) is 5.13 Å². The maximum Gasteiger partial charge on any atom is 0.277 e. The molecule has 3 aromatic heterocycles. The van der Waals surface area contributed by atoms with Crippen LogP contribution in [-0.4, -0.2) is 32.4 Å². The average molecular weight is 274 g/mol. The quantitative estimate of drug-likeness (QED) is 0.781. The van der Waals surface area contributed by atoms with Gasteiger partial charge in [0.15, 0.2) is 5.13 Å². The summed E-state index contributed by atoms with van der Waals surface area (Å²) in [7, 11) is 1.81. The van der Waals surface area contributed by atoms with Crippen LogP contribution >= 0.6 is 11.3 Å². The van der Waals surface area contributed by atoms with Crippen molar-refractivity contribution in [1.29, 1.82) is 0 Å². The monoisotopic (exact) mass is 274 g/mol. The fourth-order valence-corrected chi connectivity index (χ4v) is 2.08. The number of thiazole rings is 1. The Hall–Kier alpha value is -2.35. The smallest absolute Gasteiger partial charge is 0.277 e. The third-order valence-corrected chi connectivity index (χ3v) is 3.25. The Balaban J connectivity index is 1.92. The van der Waals surface area contributed by atoms with Gasteiger partial charge in [-0.05, 0) is 19.1 Å². The van der Waals surface area contributed by atoms with E-state index in [0.29, 0.717) is 23.1 Å². The zero-order valence-electron chi connectivity index (χ0n) is 10.3. The van der Waals surface area contributed by atoms with Crippen molar-refractivity contribution in [2.75, 3.05) is 12.4 Å². The molecule has 7 nitrogen and oxygen atoms in total. The van der Waals surface area contributed by atoms with Crippen LogP contribution in [0.25, 0.3) is 23.1 Å².